The molecule has 0 unspecified atom stereocenters. The van der Waals surface area contributed by atoms with Crippen molar-refractivity contribution in [1.82, 2.24) is 13.7 Å². The second kappa shape index (κ2) is 16.2. The Bertz CT molecular complexity index is 4520. The van der Waals surface area contributed by atoms with Gasteiger partial charge >= 0.3 is 0 Å². The second-order valence-corrected chi connectivity index (χ2v) is 19.7. The van der Waals surface area contributed by atoms with Crippen LogP contribution < -0.4 is 9.80 Å². The van der Waals surface area contributed by atoms with Crippen LogP contribution in [-0.4, -0.2) is 13.7 Å². The maximum Gasteiger partial charge on any atom is 0.0548 e. The molecule has 0 aliphatic carbocycles. The third-order valence-corrected chi connectivity index (χ3v) is 15.7. The summed E-state index contributed by atoms with van der Waals surface area (Å²) in [6.07, 6.45) is 0. The van der Waals surface area contributed by atoms with Crippen LogP contribution in [0.1, 0.15) is 0 Å². The van der Waals surface area contributed by atoms with Crippen LogP contribution in [-0.2, 0) is 0 Å². The summed E-state index contributed by atoms with van der Waals surface area (Å²) < 4.78 is 7.27. The van der Waals surface area contributed by atoms with Crippen LogP contribution in [0.5, 0.6) is 0 Å². The first-order chi connectivity index (χ1) is 37.2. The predicted molar refractivity (Wildman–Crippen MR) is 316 cm³/mol. The molecule has 16 rings (SSSR count). The molecule has 350 valence electrons. The van der Waals surface area contributed by atoms with Gasteiger partial charge in [-0.15, -0.1) is 0 Å². The van der Waals surface area contributed by atoms with E-state index >= 15 is 0 Å². The van der Waals surface area contributed by atoms with Gasteiger partial charge in [0.15, 0.2) is 0 Å². The lowest BCUT2D eigenvalue weighted by Gasteiger charge is -2.27. The highest BCUT2D eigenvalue weighted by atomic mass is 15.2. The fourth-order valence-corrected chi connectivity index (χ4v) is 12.6. The van der Waals surface area contributed by atoms with Gasteiger partial charge < -0.3 is 23.5 Å². The molecule has 0 saturated carbocycles. The molecule has 0 aliphatic heterocycles. The summed E-state index contributed by atoms with van der Waals surface area (Å²) in [5.74, 6) is 0. The van der Waals surface area contributed by atoms with Crippen molar-refractivity contribution in [3.05, 3.63) is 273 Å². The molecule has 0 spiro atoms. The third-order valence-electron chi connectivity index (χ3n) is 15.7. The molecule has 16 aromatic rings. The molecular formula is C70H45N5. The van der Waals surface area contributed by atoms with Crippen molar-refractivity contribution in [3.63, 3.8) is 0 Å². The van der Waals surface area contributed by atoms with Gasteiger partial charge in [-0.05, 0) is 144 Å². The molecule has 0 saturated heterocycles. The molecule has 13 aromatic carbocycles. The Morgan fingerprint density at radius 1 is 0.213 bits per heavy atom. The van der Waals surface area contributed by atoms with Gasteiger partial charge in [-0.25, -0.2) is 0 Å². The van der Waals surface area contributed by atoms with Crippen LogP contribution in [0.4, 0.5) is 34.1 Å². The average molecular weight is 956 g/mol. The average Bonchev–Trinajstić information content (AvgIpc) is 4.22. The van der Waals surface area contributed by atoms with Gasteiger partial charge in [0.25, 0.3) is 0 Å². The maximum absolute atomic E-state index is 2.45. The molecule has 0 radical (unpaired) electrons. The van der Waals surface area contributed by atoms with Crippen molar-refractivity contribution in [2.75, 3.05) is 9.80 Å². The van der Waals surface area contributed by atoms with Crippen LogP contribution in [0, 0.1) is 0 Å². The van der Waals surface area contributed by atoms with Gasteiger partial charge in [0, 0.05) is 82.9 Å². The number of nitrogens with zero attached hydrogens (tertiary/aromatic N) is 5. The number of benzene rings is 13. The van der Waals surface area contributed by atoms with Crippen molar-refractivity contribution >= 4 is 121 Å². The van der Waals surface area contributed by atoms with E-state index in [0.29, 0.717) is 0 Å². The molecular weight excluding hydrogens is 911 g/mol. The van der Waals surface area contributed by atoms with E-state index in [2.05, 4.69) is 296 Å². The number of anilines is 6. The number of hydrogen-bond donors (Lipinski definition) is 0. The quantitative estimate of drug-likeness (QED) is 0.134. The summed E-state index contributed by atoms with van der Waals surface area (Å²) >= 11 is 0. The predicted octanol–water partition coefficient (Wildman–Crippen LogP) is 19.1. The second-order valence-electron chi connectivity index (χ2n) is 19.7. The first-order valence-electron chi connectivity index (χ1n) is 25.8. The molecule has 3 heterocycles. The SMILES string of the molecule is c1ccc(N(c2ccc3c(c2)c2cc(N(c4ccccc4)c4ccc5c6c4ccc4cccc(c46)n5-c4ccccc4)ccc2n3-c2ccccc2)c2ccc3c4c2ccc2cccc(c24)n3-c2ccccc2)cc1. The van der Waals surface area contributed by atoms with Gasteiger partial charge in [-0.3, -0.25) is 0 Å². The molecule has 3 aromatic heterocycles. The lowest BCUT2D eigenvalue weighted by Crippen LogP contribution is -2.10. The normalized spacial score (nSPS) is 12.0. The fraction of sp³-hybridized carbons (Fsp3) is 0. The molecule has 0 aliphatic rings. The van der Waals surface area contributed by atoms with Crippen LogP contribution in [0.25, 0.3) is 104 Å². The van der Waals surface area contributed by atoms with E-state index < -0.39 is 0 Å². The number of aromatic nitrogens is 3. The Balaban J connectivity index is 0.936. The lowest BCUT2D eigenvalue weighted by molar-refractivity contribution is 1.18. The Labute approximate surface area is 432 Å². The molecule has 5 nitrogen and oxygen atoms in total. The molecule has 0 amide bonds. The van der Waals surface area contributed by atoms with Gasteiger partial charge in [0.05, 0.1) is 44.5 Å². The van der Waals surface area contributed by atoms with Crippen LogP contribution >= 0.6 is 0 Å². The standard InChI is InChI=1S/C70H45N5/c1-6-20-48(21-7-1)71(59-40-42-65-69-55(59)36-32-46-18-16-30-63(67(46)69)74(65)51-26-12-4-13-27-51)53-34-38-61-57(44-53)58-45-54(35-39-62(58)73(61)50-24-10-3-11-25-50)72(49-22-8-2-9-23-49)60-41-43-66-70-56(60)37-33-47-19-17-31-64(68(47)70)75(66)52-28-14-5-15-29-52/h1-45H. The van der Waals surface area contributed by atoms with E-state index in [1.165, 1.54) is 75.9 Å². The molecule has 5 heteroatoms. The van der Waals surface area contributed by atoms with Gasteiger partial charge in [-0.2, -0.15) is 0 Å². The minimum Gasteiger partial charge on any atom is -0.310 e. The zero-order chi connectivity index (χ0) is 49.1. The molecule has 0 N–H and O–H groups in total. The highest BCUT2D eigenvalue weighted by Crippen LogP contribution is 2.50. The number of para-hydroxylation sites is 5. The van der Waals surface area contributed by atoms with E-state index in [1.807, 2.05) is 0 Å². The highest BCUT2D eigenvalue weighted by Gasteiger charge is 2.26. The Hall–Kier alpha value is -10.1. The van der Waals surface area contributed by atoms with Crippen molar-refractivity contribution in [3.8, 4) is 17.1 Å². The monoisotopic (exact) mass is 955 g/mol. The zero-order valence-electron chi connectivity index (χ0n) is 40.7. The first-order valence-corrected chi connectivity index (χ1v) is 25.8. The Kier molecular flexibility index (Phi) is 8.97. The summed E-state index contributed by atoms with van der Waals surface area (Å²) in [5.41, 5.74) is 17.1. The van der Waals surface area contributed by atoms with E-state index in [4.69, 9.17) is 0 Å². The van der Waals surface area contributed by atoms with Gasteiger partial charge in [-0.1, -0.05) is 140 Å². The summed E-state index contributed by atoms with van der Waals surface area (Å²) in [5, 5.41) is 12.3. The maximum atomic E-state index is 2.45. The van der Waals surface area contributed by atoms with E-state index in [-0.39, 0.29) is 0 Å². The Morgan fingerprint density at radius 2 is 0.560 bits per heavy atom. The molecule has 0 bridgehead atoms. The van der Waals surface area contributed by atoms with Crippen molar-refractivity contribution < 1.29 is 0 Å². The minimum atomic E-state index is 1.08. The summed E-state index contributed by atoms with van der Waals surface area (Å²) in [4.78, 5) is 4.91. The van der Waals surface area contributed by atoms with Crippen molar-refractivity contribution in [2.24, 2.45) is 0 Å². The first kappa shape index (κ1) is 41.5. The largest absolute Gasteiger partial charge is 0.310 e. The van der Waals surface area contributed by atoms with Crippen molar-refractivity contribution in [1.29, 1.82) is 0 Å². The van der Waals surface area contributed by atoms with E-state index in [9.17, 15) is 0 Å². The lowest BCUT2D eigenvalue weighted by atomic mass is 9.99. The topological polar surface area (TPSA) is 21.3 Å². The smallest absolute Gasteiger partial charge is 0.0548 e. The third kappa shape index (κ3) is 6.13. The van der Waals surface area contributed by atoms with Gasteiger partial charge in [0.2, 0.25) is 0 Å². The molecule has 0 fully saturated rings. The van der Waals surface area contributed by atoms with E-state index in [1.54, 1.807) is 0 Å². The van der Waals surface area contributed by atoms with Gasteiger partial charge in [0.1, 0.15) is 0 Å². The fourth-order valence-electron chi connectivity index (χ4n) is 12.6. The highest BCUT2D eigenvalue weighted by molar-refractivity contribution is 6.28. The molecule has 0 atom stereocenters. The Morgan fingerprint density at radius 3 is 0.960 bits per heavy atom. The van der Waals surface area contributed by atoms with Crippen LogP contribution in [0.3, 0.4) is 0 Å². The summed E-state index contributed by atoms with van der Waals surface area (Å²) in [6.45, 7) is 0. The summed E-state index contributed by atoms with van der Waals surface area (Å²) in [7, 11) is 0. The molecule has 75 heavy (non-hydrogen) atoms. The van der Waals surface area contributed by atoms with Crippen molar-refractivity contribution in [2.45, 2.75) is 0 Å². The van der Waals surface area contributed by atoms with Crippen LogP contribution in [0.15, 0.2) is 273 Å². The minimum absolute atomic E-state index is 1.08. The van der Waals surface area contributed by atoms with Crippen LogP contribution in [0.2, 0.25) is 0 Å². The number of fused-ring (bicyclic) bond motifs is 3. The summed E-state index contributed by atoms with van der Waals surface area (Å²) in [6, 6.07) is 100. The number of rotatable bonds is 9. The van der Waals surface area contributed by atoms with E-state index in [0.717, 1.165) is 62.2 Å². The zero-order valence-corrected chi connectivity index (χ0v) is 40.7. The number of hydrogen-bond acceptors (Lipinski definition) is 2.